The lowest BCUT2D eigenvalue weighted by atomic mass is 9.85. The molecule has 198 valence electrons. The van der Waals surface area contributed by atoms with Crippen LogP contribution in [0, 0.1) is 11.3 Å². The first-order valence-electron chi connectivity index (χ1n) is 12.7. The smallest absolute Gasteiger partial charge is 0.305 e. The van der Waals surface area contributed by atoms with Crippen molar-refractivity contribution in [2.24, 2.45) is 0 Å². The predicted octanol–water partition coefficient (Wildman–Crippen LogP) is 6.67. The number of hydrogen-bond donors (Lipinski definition) is 2. The number of ether oxygens (including phenoxy) is 1. The summed E-state index contributed by atoms with van der Waals surface area (Å²) in [6, 6.07) is 24.2. The molecule has 2 atom stereocenters. The summed E-state index contributed by atoms with van der Waals surface area (Å²) in [6.07, 6.45) is 2.88. The fraction of sp³-hybridized carbons (Fsp3) is 0.226. The van der Waals surface area contributed by atoms with E-state index < -0.39 is 5.97 Å². The summed E-state index contributed by atoms with van der Waals surface area (Å²) in [5.41, 5.74) is 3.61. The Hall–Kier alpha value is -4.41. The second-order valence-electron chi connectivity index (χ2n) is 9.16. The van der Waals surface area contributed by atoms with Gasteiger partial charge >= 0.3 is 5.97 Å². The Bertz CT molecular complexity index is 1500. The van der Waals surface area contributed by atoms with Crippen LogP contribution < -0.4 is 10.1 Å². The number of aliphatic carboxylic acids is 1. The Morgan fingerprint density at radius 2 is 1.77 bits per heavy atom. The number of halogens is 1. The maximum Gasteiger partial charge on any atom is 0.305 e. The van der Waals surface area contributed by atoms with Gasteiger partial charge in [0.2, 0.25) is 0 Å². The van der Waals surface area contributed by atoms with Crippen molar-refractivity contribution < 1.29 is 19.4 Å². The third-order valence-electron chi connectivity index (χ3n) is 6.47. The average Bonchev–Trinajstić information content (AvgIpc) is 2.95. The minimum atomic E-state index is -0.964. The largest absolute Gasteiger partial charge is 0.484 e. The summed E-state index contributed by atoms with van der Waals surface area (Å²) >= 11 is 6.20. The van der Waals surface area contributed by atoms with E-state index in [1.165, 1.54) is 0 Å². The van der Waals surface area contributed by atoms with Crippen LogP contribution in [0.2, 0.25) is 5.02 Å². The van der Waals surface area contributed by atoms with Gasteiger partial charge in [-0.2, -0.15) is 5.26 Å². The molecule has 0 aliphatic carbocycles. The van der Waals surface area contributed by atoms with Gasteiger partial charge < -0.3 is 15.2 Å². The molecule has 2 N–H and O–H groups in total. The molecule has 0 spiro atoms. The molecule has 7 nitrogen and oxygen atoms in total. The Kier molecular flexibility index (Phi) is 9.14. The summed E-state index contributed by atoms with van der Waals surface area (Å²) in [5, 5.41) is 22.2. The zero-order chi connectivity index (χ0) is 27.8. The second kappa shape index (κ2) is 12.9. The van der Waals surface area contributed by atoms with E-state index in [0.717, 1.165) is 29.4 Å². The monoisotopic (exact) mass is 541 g/mol. The van der Waals surface area contributed by atoms with E-state index in [0.29, 0.717) is 27.4 Å². The molecule has 4 aromatic rings. The molecule has 0 bridgehead atoms. The molecule has 1 heterocycles. The highest BCUT2D eigenvalue weighted by molar-refractivity contribution is 6.30. The fourth-order valence-electron chi connectivity index (χ4n) is 4.54. The fourth-order valence-corrected chi connectivity index (χ4v) is 4.66. The SMILES string of the molecule is CCC[C@H](c1ccc(C(=O)NCCC(=O)O)cc1)C(Oc1ccnc2cc(C#N)ccc12)c1ccc(Cl)cc1. The van der Waals surface area contributed by atoms with Gasteiger partial charge in [0.05, 0.1) is 23.6 Å². The van der Waals surface area contributed by atoms with E-state index in [9.17, 15) is 14.9 Å². The number of amides is 1. The molecule has 4 rings (SSSR count). The van der Waals surface area contributed by atoms with Crippen LogP contribution in [0.5, 0.6) is 5.75 Å². The number of pyridine rings is 1. The van der Waals surface area contributed by atoms with Gasteiger partial charge in [0.1, 0.15) is 11.9 Å². The Morgan fingerprint density at radius 3 is 2.44 bits per heavy atom. The van der Waals surface area contributed by atoms with Gasteiger partial charge in [-0.3, -0.25) is 14.6 Å². The number of carbonyl (C=O) groups is 2. The Morgan fingerprint density at radius 1 is 1.05 bits per heavy atom. The van der Waals surface area contributed by atoms with Gasteiger partial charge in [0, 0.05) is 34.6 Å². The lowest BCUT2D eigenvalue weighted by Crippen LogP contribution is -2.26. The van der Waals surface area contributed by atoms with E-state index in [2.05, 4.69) is 23.3 Å². The highest BCUT2D eigenvalue weighted by Gasteiger charge is 2.27. The zero-order valence-corrected chi connectivity index (χ0v) is 22.2. The normalized spacial score (nSPS) is 12.3. The summed E-state index contributed by atoms with van der Waals surface area (Å²) in [4.78, 5) is 27.6. The van der Waals surface area contributed by atoms with E-state index >= 15 is 0 Å². The van der Waals surface area contributed by atoms with Crippen molar-refractivity contribution in [1.82, 2.24) is 10.3 Å². The highest BCUT2D eigenvalue weighted by atomic mass is 35.5. The van der Waals surface area contributed by atoms with Crippen molar-refractivity contribution in [2.45, 2.75) is 38.2 Å². The number of nitrogens with zero attached hydrogens (tertiary/aromatic N) is 2. The van der Waals surface area contributed by atoms with Crippen LogP contribution >= 0.6 is 11.6 Å². The van der Waals surface area contributed by atoms with Crippen LogP contribution in [0.25, 0.3) is 10.9 Å². The van der Waals surface area contributed by atoms with E-state index in [-0.39, 0.29) is 30.9 Å². The summed E-state index contributed by atoms with van der Waals surface area (Å²) in [6.45, 7) is 2.18. The molecule has 0 saturated heterocycles. The van der Waals surface area contributed by atoms with Crippen molar-refractivity contribution in [3.63, 3.8) is 0 Å². The first-order chi connectivity index (χ1) is 18.9. The molecule has 8 heteroatoms. The minimum absolute atomic E-state index is 0.0538. The van der Waals surface area contributed by atoms with Gasteiger partial charge in [-0.05, 0) is 66.1 Å². The zero-order valence-electron chi connectivity index (χ0n) is 21.4. The lowest BCUT2D eigenvalue weighted by Gasteiger charge is -2.29. The van der Waals surface area contributed by atoms with Crippen molar-refractivity contribution in [1.29, 1.82) is 5.26 Å². The predicted molar refractivity (Wildman–Crippen MR) is 150 cm³/mol. The number of fused-ring (bicyclic) bond motifs is 1. The van der Waals surface area contributed by atoms with Crippen LogP contribution in [0.4, 0.5) is 0 Å². The number of hydrogen-bond acceptors (Lipinski definition) is 5. The number of rotatable bonds is 11. The van der Waals surface area contributed by atoms with Crippen LogP contribution in [-0.4, -0.2) is 28.5 Å². The maximum absolute atomic E-state index is 12.5. The first-order valence-corrected chi connectivity index (χ1v) is 13.1. The van der Waals surface area contributed by atoms with E-state index in [4.69, 9.17) is 21.4 Å². The standard InChI is InChI=1S/C31H28ClN3O4/c1-2-3-25(21-5-7-23(8-6-21)31(38)35-17-15-29(36)37)30(22-9-11-24(32)12-10-22)39-28-14-16-34-27-18-20(19-33)4-13-26(27)28/h4-14,16,18,25,30H,2-3,15,17H2,1H3,(H,35,38)(H,36,37)/t25-,30?/m1/s1. The molecule has 1 aromatic heterocycles. The van der Waals surface area contributed by atoms with Crippen LogP contribution in [-0.2, 0) is 4.79 Å². The number of carboxylic acids is 1. The van der Waals surface area contributed by atoms with Crippen LogP contribution in [0.1, 0.15) is 65.3 Å². The number of benzene rings is 3. The summed E-state index contributed by atoms with van der Waals surface area (Å²) in [7, 11) is 0. The third-order valence-corrected chi connectivity index (χ3v) is 6.73. The van der Waals surface area contributed by atoms with Crippen molar-refractivity contribution in [3.8, 4) is 11.8 Å². The summed E-state index contributed by atoms with van der Waals surface area (Å²) < 4.78 is 6.75. The topological polar surface area (TPSA) is 112 Å². The molecule has 0 fully saturated rings. The van der Waals surface area contributed by atoms with Crippen LogP contribution in [0.3, 0.4) is 0 Å². The van der Waals surface area contributed by atoms with Gasteiger partial charge in [0.25, 0.3) is 5.91 Å². The molecular weight excluding hydrogens is 514 g/mol. The van der Waals surface area contributed by atoms with E-state index in [1.807, 2.05) is 48.5 Å². The first kappa shape index (κ1) is 27.6. The minimum Gasteiger partial charge on any atom is -0.484 e. The number of carbonyl (C=O) groups excluding carboxylic acids is 1. The molecule has 0 aliphatic rings. The van der Waals surface area contributed by atoms with Gasteiger partial charge in [0.15, 0.2) is 0 Å². The molecule has 0 radical (unpaired) electrons. The number of nitriles is 1. The molecule has 0 saturated carbocycles. The molecular formula is C31H28ClN3O4. The van der Waals surface area contributed by atoms with Crippen LogP contribution in [0.15, 0.2) is 79.0 Å². The van der Waals surface area contributed by atoms with E-state index in [1.54, 1.807) is 30.5 Å². The van der Waals surface area contributed by atoms with Gasteiger partial charge in [-0.15, -0.1) is 0 Å². The van der Waals surface area contributed by atoms with Crippen molar-refractivity contribution >= 4 is 34.4 Å². The number of carboxylic acid groups (broad SMARTS) is 1. The maximum atomic E-state index is 12.5. The number of aromatic nitrogens is 1. The molecule has 1 amide bonds. The molecule has 1 unspecified atom stereocenters. The van der Waals surface area contributed by atoms with Crippen molar-refractivity contribution in [3.05, 3.63) is 106 Å². The summed E-state index contributed by atoms with van der Waals surface area (Å²) in [5.74, 6) is -0.684. The number of nitrogens with one attached hydrogen (secondary N) is 1. The Labute approximate surface area is 232 Å². The highest BCUT2D eigenvalue weighted by Crippen LogP contribution is 2.40. The molecule has 39 heavy (non-hydrogen) atoms. The Balaban J connectivity index is 1.69. The average molecular weight is 542 g/mol. The quantitative estimate of drug-likeness (QED) is 0.219. The van der Waals surface area contributed by atoms with Gasteiger partial charge in [-0.25, -0.2) is 0 Å². The second-order valence-corrected chi connectivity index (χ2v) is 9.60. The lowest BCUT2D eigenvalue weighted by molar-refractivity contribution is -0.136. The third kappa shape index (κ3) is 6.92. The van der Waals surface area contributed by atoms with Crippen molar-refractivity contribution in [2.75, 3.05) is 6.54 Å². The molecule has 0 aliphatic heterocycles. The molecule has 3 aromatic carbocycles. The van der Waals surface area contributed by atoms with Gasteiger partial charge in [-0.1, -0.05) is 49.2 Å².